The molecule has 0 heterocycles. The Kier molecular flexibility index (Phi) is 4.88. The van der Waals surface area contributed by atoms with E-state index in [1.807, 2.05) is 0 Å². The molecule has 1 aliphatic rings. The van der Waals surface area contributed by atoms with Crippen molar-refractivity contribution in [3.63, 3.8) is 0 Å². The molecule has 0 aliphatic heterocycles. The van der Waals surface area contributed by atoms with Gasteiger partial charge in [-0.05, 0) is 36.5 Å². The fourth-order valence-electron chi connectivity index (χ4n) is 2.58. The number of hydrogen-bond acceptors (Lipinski definition) is 2. The summed E-state index contributed by atoms with van der Waals surface area (Å²) in [5, 5.41) is 0. The van der Waals surface area contributed by atoms with Crippen molar-refractivity contribution in [1.29, 1.82) is 0 Å². The number of ether oxygens (including phenoxy) is 1. The van der Waals surface area contributed by atoms with Gasteiger partial charge in [0.25, 0.3) is 0 Å². The monoisotopic (exact) mass is 281 g/mol. The van der Waals surface area contributed by atoms with Crippen LogP contribution < -0.4 is 5.73 Å². The molecule has 0 radical (unpaired) electrons. The second-order valence-corrected chi connectivity index (χ2v) is 5.73. The predicted octanol–water partition coefficient (Wildman–Crippen LogP) is 3.56. The molecule has 0 amide bonds. The molecule has 19 heavy (non-hydrogen) atoms. The standard InChI is InChI=1S/C15H20FNOS/c1-10-4-2-3-5-14(10)18-9-11-6-7-13(16)12(8-11)15(17)19/h6-8,10,14H,2-5,9H2,1H3,(H2,17,19). The van der Waals surface area contributed by atoms with Gasteiger partial charge < -0.3 is 10.5 Å². The number of benzene rings is 1. The number of rotatable bonds is 4. The van der Waals surface area contributed by atoms with Gasteiger partial charge in [0.2, 0.25) is 0 Å². The van der Waals surface area contributed by atoms with Crippen molar-refractivity contribution in [3.05, 3.63) is 35.1 Å². The summed E-state index contributed by atoms with van der Waals surface area (Å²) < 4.78 is 19.4. The highest BCUT2D eigenvalue weighted by atomic mass is 32.1. The SMILES string of the molecule is CC1CCCCC1OCc1ccc(F)c(C(N)=S)c1. The van der Waals surface area contributed by atoms with Crippen molar-refractivity contribution in [1.82, 2.24) is 0 Å². The summed E-state index contributed by atoms with van der Waals surface area (Å²) in [6, 6.07) is 4.81. The van der Waals surface area contributed by atoms with Crippen LogP contribution in [0.2, 0.25) is 0 Å². The molecule has 2 atom stereocenters. The molecule has 4 heteroatoms. The van der Waals surface area contributed by atoms with E-state index in [2.05, 4.69) is 6.92 Å². The Balaban J connectivity index is 1.99. The van der Waals surface area contributed by atoms with Crippen LogP contribution in [0.25, 0.3) is 0 Å². The summed E-state index contributed by atoms with van der Waals surface area (Å²) in [6.45, 7) is 2.72. The Bertz CT molecular complexity index is 463. The summed E-state index contributed by atoms with van der Waals surface area (Å²) >= 11 is 4.83. The molecular formula is C15H20FNOS. The minimum Gasteiger partial charge on any atom is -0.389 e. The van der Waals surface area contributed by atoms with Crippen LogP contribution in [0, 0.1) is 11.7 Å². The van der Waals surface area contributed by atoms with Gasteiger partial charge in [0, 0.05) is 5.56 Å². The molecule has 2 nitrogen and oxygen atoms in total. The van der Waals surface area contributed by atoms with Crippen LogP contribution in [0.4, 0.5) is 4.39 Å². The van der Waals surface area contributed by atoms with E-state index in [1.165, 1.54) is 25.3 Å². The van der Waals surface area contributed by atoms with Crippen molar-refractivity contribution in [2.24, 2.45) is 11.7 Å². The molecule has 1 aromatic carbocycles. The van der Waals surface area contributed by atoms with E-state index in [4.69, 9.17) is 22.7 Å². The quantitative estimate of drug-likeness (QED) is 0.857. The third-order valence-electron chi connectivity index (χ3n) is 3.79. The maximum absolute atomic E-state index is 13.5. The van der Waals surface area contributed by atoms with Crippen LogP contribution in [-0.2, 0) is 11.3 Å². The van der Waals surface area contributed by atoms with Gasteiger partial charge in [0.15, 0.2) is 0 Å². The summed E-state index contributed by atoms with van der Waals surface area (Å²) in [6.07, 6.45) is 5.18. The van der Waals surface area contributed by atoms with Crippen LogP contribution in [0.15, 0.2) is 18.2 Å². The average Bonchev–Trinajstić information content (AvgIpc) is 2.39. The second-order valence-electron chi connectivity index (χ2n) is 5.29. The van der Waals surface area contributed by atoms with Gasteiger partial charge in [0.05, 0.1) is 12.7 Å². The van der Waals surface area contributed by atoms with Gasteiger partial charge in [-0.15, -0.1) is 0 Å². The molecule has 2 rings (SSSR count). The summed E-state index contributed by atoms with van der Waals surface area (Å²) in [5.41, 5.74) is 6.71. The first kappa shape index (κ1) is 14.4. The first-order chi connectivity index (χ1) is 9.08. The van der Waals surface area contributed by atoms with Crippen molar-refractivity contribution in [2.75, 3.05) is 0 Å². The fourth-order valence-corrected chi connectivity index (χ4v) is 2.74. The lowest BCUT2D eigenvalue weighted by Crippen LogP contribution is -2.25. The van der Waals surface area contributed by atoms with Crippen LogP contribution in [0.1, 0.15) is 43.7 Å². The summed E-state index contributed by atoms with van der Waals surface area (Å²) in [7, 11) is 0. The highest BCUT2D eigenvalue weighted by Crippen LogP contribution is 2.27. The van der Waals surface area contributed by atoms with E-state index in [0.29, 0.717) is 24.2 Å². The molecule has 1 saturated carbocycles. The Morgan fingerprint density at radius 3 is 2.84 bits per heavy atom. The van der Waals surface area contributed by atoms with Crippen molar-refractivity contribution in [2.45, 2.75) is 45.3 Å². The molecule has 2 unspecified atom stereocenters. The molecular weight excluding hydrogens is 261 g/mol. The van der Waals surface area contributed by atoms with Gasteiger partial charge >= 0.3 is 0 Å². The van der Waals surface area contributed by atoms with E-state index in [1.54, 1.807) is 12.1 Å². The van der Waals surface area contributed by atoms with Crippen LogP contribution in [0.5, 0.6) is 0 Å². The zero-order valence-corrected chi connectivity index (χ0v) is 12.0. The average molecular weight is 281 g/mol. The Hall–Kier alpha value is -1.00. The van der Waals surface area contributed by atoms with Gasteiger partial charge in [-0.3, -0.25) is 0 Å². The summed E-state index contributed by atoms with van der Waals surface area (Å²) in [5.74, 6) is 0.228. The van der Waals surface area contributed by atoms with Gasteiger partial charge in [0.1, 0.15) is 10.8 Å². The Morgan fingerprint density at radius 1 is 1.42 bits per heavy atom. The number of hydrogen-bond donors (Lipinski definition) is 1. The zero-order valence-electron chi connectivity index (χ0n) is 11.2. The van der Waals surface area contributed by atoms with Crippen LogP contribution in [0.3, 0.4) is 0 Å². The van der Waals surface area contributed by atoms with Crippen molar-refractivity contribution >= 4 is 17.2 Å². The first-order valence-electron chi connectivity index (χ1n) is 6.77. The van der Waals surface area contributed by atoms with Gasteiger partial charge in [-0.1, -0.05) is 38.0 Å². The molecule has 1 aromatic rings. The van der Waals surface area contributed by atoms with E-state index >= 15 is 0 Å². The normalized spacial score (nSPS) is 23.3. The summed E-state index contributed by atoms with van der Waals surface area (Å²) in [4.78, 5) is 0.0883. The Labute approximate surface area is 119 Å². The number of nitrogens with two attached hydrogens (primary N) is 1. The largest absolute Gasteiger partial charge is 0.389 e. The zero-order chi connectivity index (χ0) is 13.8. The van der Waals surface area contributed by atoms with Gasteiger partial charge in [-0.2, -0.15) is 0 Å². The lowest BCUT2D eigenvalue weighted by Gasteiger charge is -2.28. The lowest BCUT2D eigenvalue weighted by atomic mass is 9.88. The Morgan fingerprint density at radius 2 is 2.16 bits per heavy atom. The van der Waals surface area contributed by atoms with Gasteiger partial charge in [-0.25, -0.2) is 4.39 Å². The second kappa shape index (κ2) is 6.44. The molecule has 0 aromatic heterocycles. The maximum Gasteiger partial charge on any atom is 0.133 e. The molecule has 1 fully saturated rings. The minimum absolute atomic E-state index is 0.0883. The third-order valence-corrected chi connectivity index (χ3v) is 4.01. The minimum atomic E-state index is -0.373. The van der Waals surface area contributed by atoms with Crippen molar-refractivity contribution < 1.29 is 9.13 Å². The maximum atomic E-state index is 13.5. The molecule has 0 spiro atoms. The third kappa shape index (κ3) is 3.74. The van der Waals surface area contributed by atoms with E-state index < -0.39 is 0 Å². The van der Waals surface area contributed by atoms with Crippen LogP contribution in [-0.4, -0.2) is 11.1 Å². The first-order valence-corrected chi connectivity index (χ1v) is 7.18. The number of halogens is 1. The molecule has 104 valence electrons. The predicted molar refractivity (Wildman–Crippen MR) is 78.5 cm³/mol. The molecule has 0 saturated heterocycles. The topological polar surface area (TPSA) is 35.2 Å². The smallest absolute Gasteiger partial charge is 0.133 e. The van der Waals surface area contributed by atoms with Crippen LogP contribution >= 0.6 is 12.2 Å². The van der Waals surface area contributed by atoms with E-state index in [9.17, 15) is 4.39 Å². The molecule has 0 bridgehead atoms. The highest BCUT2D eigenvalue weighted by molar-refractivity contribution is 7.80. The fraction of sp³-hybridized carbons (Fsp3) is 0.533. The molecule has 2 N–H and O–H groups in total. The number of thiocarbonyl (C=S) groups is 1. The lowest BCUT2D eigenvalue weighted by molar-refractivity contribution is -0.0154. The molecule has 1 aliphatic carbocycles. The van der Waals surface area contributed by atoms with E-state index in [-0.39, 0.29) is 10.8 Å². The highest BCUT2D eigenvalue weighted by Gasteiger charge is 2.21. The van der Waals surface area contributed by atoms with E-state index in [0.717, 1.165) is 12.0 Å². The van der Waals surface area contributed by atoms with Crippen molar-refractivity contribution in [3.8, 4) is 0 Å².